The molecule has 106 valence electrons. The quantitative estimate of drug-likeness (QED) is 0.865. The molecule has 0 bridgehead atoms. The Labute approximate surface area is 116 Å². The van der Waals surface area contributed by atoms with Crippen LogP contribution in [-0.4, -0.2) is 39.1 Å². The SMILES string of the molecule is CCN(C(=O)NCc1nc(C)cs1)C(C)(C)C(=O)O. The van der Waals surface area contributed by atoms with E-state index in [4.69, 9.17) is 5.11 Å². The average molecular weight is 285 g/mol. The maximum absolute atomic E-state index is 12.0. The molecule has 2 amide bonds. The Hall–Kier alpha value is -1.63. The van der Waals surface area contributed by atoms with E-state index in [1.807, 2.05) is 12.3 Å². The van der Waals surface area contributed by atoms with Gasteiger partial charge in [-0.15, -0.1) is 11.3 Å². The van der Waals surface area contributed by atoms with Crippen LogP contribution >= 0.6 is 11.3 Å². The van der Waals surface area contributed by atoms with Gasteiger partial charge in [0.25, 0.3) is 0 Å². The van der Waals surface area contributed by atoms with Crippen LogP contribution in [0.3, 0.4) is 0 Å². The first kappa shape index (κ1) is 15.4. The van der Waals surface area contributed by atoms with Crippen LogP contribution in [0.1, 0.15) is 31.5 Å². The molecule has 0 aliphatic rings. The highest BCUT2D eigenvalue weighted by molar-refractivity contribution is 7.09. The van der Waals surface area contributed by atoms with E-state index in [0.717, 1.165) is 10.7 Å². The predicted octanol–water partition coefficient (Wildman–Crippen LogP) is 1.85. The molecule has 7 heteroatoms. The number of carbonyl (C=O) groups is 2. The van der Waals surface area contributed by atoms with Gasteiger partial charge in [-0.05, 0) is 27.7 Å². The monoisotopic (exact) mass is 285 g/mol. The highest BCUT2D eigenvalue weighted by atomic mass is 32.1. The first-order valence-electron chi connectivity index (χ1n) is 5.99. The Morgan fingerprint density at radius 2 is 2.16 bits per heavy atom. The number of carboxylic acids is 1. The standard InChI is InChI=1S/C12H19N3O3S/c1-5-15(12(3,4)10(16)17)11(18)13-6-9-14-8(2)7-19-9/h7H,5-6H2,1-4H3,(H,13,18)(H,16,17). The van der Waals surface area contributed by atoms with E-state index in [0.29, 0.717) is 13.1 Å². The zero-order valence-electron chi connectivity index (χ0n) is 11.6. The molecular formula is C12H19N3O3S. The summed E-state index contributed by atoms with van der Waals surface area (Å²) in [4.78, 5) is 28.7. The molecule has 0 aliphatic carbocycles. The number of aliphatic carboxylic acids is 1. The number of carbonyl (C=O) groups excluding carboxylic acids is 1. The molecule has 0 aromatic carbocycles. The lowest BCUT2D eigenvalue weighted by Crippen LogP contribution is -2.55. The molecule has 1 heterocycles. The lowest BCUT2D eigenvalue weighted by Gasteiger charge is -2.34. The molecule has 0 unspecified atom stereocenters. The Kier molecular flexibility index (Phi) is 4.88. The van der Waals surface area contributed by atoms with E-state index >= 15 is 0 Å². The van der Waals surface area contributed by atoms with Crippen molar-refractivity contribution in [2.75, 3.05) is 6.54 Å². The van der Waals surface area contributed by atoms with E-state index < -0.39 is 17.5 Å². The number of rotatable bonds is 5. The van der Waals surface area contributed by atoms with Crippen LogP contribution < -0.4 is 5.32 Å². The zero-order chi connectivity index (χ0) is 14.6. The Morgan fingerprint density at radius 1 is 1.53 bits per heavy atom. The maximum Gasteiger partial charge on any atom is 0.329 e. The van der Waals surface area contributed by atoms with Crippen LogP contribution in [0.5, 0.6) is 0 Å². The summed E-state index contributed by atoms with van der Waals surface area (Å²) in [5.41, 5.74) is -0.329. The van der Waals surface area contributed by atoms with Gasteiger partial charge < -0.3 is 15.3 Å². The molecule has 2 N–H and O–H groups in total. The first-order chi connectivity index (χ1) is 8.78. The number of amides is 2. The molecule has 0 aliphatic heterocycles. The third-order valence-electron chi connectivity index (χ3n) is 2.82. The van der Waals surface area contributed by atoms with Crippen LogP contribution in [0, 0.1) is 6.92 Å². The lowest BCUT2D eigenvalue weighted by atomic mass is 10.0. The number of carboxylic acid groups (broad SMARTS) is 1. The van der Waals surface area contributed by atoms with Gasteiger partial charge >= 0.3 is 12.0 Å². The molecule has 0 atom stereocenters. The van der Waals surface area contributed by atoms with Crippen LogP contribution in [-0.2, 0) is 11.3 Å². The third kappa shape index (κ3) is 3.66. The van der Waals surface area contributed by atoms with E-state index in [2.05, 4.69) is 10.3 Å². The molecule has 0 fully saturated rings. The van der Waals surface area contributed by atoms with Crippen molar-refractivity contribution in [3.63, 3.8) is 0 Å². The molecule has 0 radical (unpaired) electrons. The number of thiazole rings is 1. The summed E-state index contributed by atoms with van der Waals surface area (Å²) in [6.07, 6.45) is 0. The molecule has 1 aromatic heterocycles. The minimum absolute atomic E-state index is 0.309. The van der Waals surface area contributed by atoms with Gasteiger partial charge in [0, 0.05) is 17.6 Å². The van der Waals surface area contributed by atoms with Crippen LogP contribution in [0.2, 0.25) is 0 Å². The second-order valence-electron chi connectivity index (χ2n) is 4.65. The fraction of sp³-hybridized carbons (Fsp3) is 0.583. The van der Waals surface area contributed by atoms with Crippen LogP contribution in [0.4, 0.5) is 4.79 Å². The second kappa shape index (κ2) is 6.01. The summed E-state index contributed by atoms with van der Waals surface area (Å²) in [5, 5.41) is 14.5. The second-order valence-corrected chi connectivity index (χ2v) is 5.59. The number of hydrogen-bond donors (Lipinski definition) is 2. The van der Waals surface area contributed by atoms with Gasteiger partial charge in [0.2, 0.25) is 0 Å². The molecule has 0 spiro atoms. The summed E-state index contributed by atoms with van der Waals surface area (Å²) >= 11 is 1.46. The summed E-state index contributed by atoms with van der Waals surface area (Å²) < 4.78 is 0. The molecule has 0 saturated heterocycles. The highest BCUT2D eigenvalue weighted by Gasteiger charge is 2.36. The summed E-state index contributed by atoms with van der Waals surface area (Å²) in [5.74, 6) is -1.03. The minimum Gasteiger partial charge on any atom is -0.480 e. The number of likely N-dealkylation sites (N-methyl/N-ethyl adjacent to an activating group) is 1. The largest absolute Gasteiger partial charge is 0.480 e. The molecule has 1 aromatic rings. The smallest absolute Gasteiger partial charge is 0.329 e. The Balaban J connectivity index is 2.67. The summed E-state index contributed by atoms with van der Waals surface area (Å²) in [6, 6.07) is -0.400. The van der Waals surface area contributed by atoms with E-state index in [9.17, 15) is 9.59 Å². The molecule has 6 nitrogen and oxygen atoms in total. The average Bonchev–Trinajstić information content (AvgIpc) is 2.73. The van der Waals surface area contributed by atoms with Crippen LogP contribution in [0.25, 0.3) is 0 Å². The minimum atomic E-state index is -1.24. The highest BCUT2D eigenvalue weighted by Crippen LogP contribution is 2.15. The number of aromatic nitrogens is 1. The van der Waals surface area contributed by atoms with E-state index in [1.54, 1.807) is 6.92 Å². The Morgan fingerprint density at radius 3 is 2.58 bits per heavy atom. The van der Waals surface area contributed by atoms with Crippen molar-refractivity contribution in [3.8, 4) is 0 Å². The summed E-state index contributed by atoms with van der Waals surface area (Å²) in [6.45, 7) is 7.27. The van der Waals surface area contributed by atoms with Crippen LogP contribution in [0.15, 0.2) is 5.38 Å². The molecule has 0 saturated carbocycles. The van der Waals surface area contributed by atoms with Crippen molar-refractivity contribution in [1.29, 1.82) is 0 Å². The number of nitrogens with one attached hydrogen (secondary N) is 1. The predicted molar refractivity (Wildman–Crippen MR) is 73.2 cm³/mol. The van der Waals surface area contributed by atoms with Gasteiger partial charge in [0.05, 0.1) is 6.54 Å². The van der Waals surface area contributed by atoms with Gasteiger partial charge in [-0.2, -0.15) is 0 Å². The topological polar surface area (TPSA) is 82.5 Å². The Bertz CT molecular complexity index is 471. The number of aryl methyl sites for hydroxylation is 1. The van der Waals surface area contributed by atoms with Crippen molar-refractivity contribution in [1.82, 2.24) is 15.2 Å². The van der Waals surface area contributed by atoms with Crippen molar-refractivity contribution < 1.29 is 14.7 Å². The summed E-state index contributed by atoms with van der Waals surface area (Å²) in [7, 11) is 0. The maximum atomic E-state index is 12.0. The fourth-order valence-corrected chi connectivity index (χ4v) is 2.35. The first-order valence-corrected chi connectivity index (χ1v) is 6.86. The number of nitrogens with zero attached hydrogens (tertiary/aromatic N) is 2. The van der Waals surface area contributed by atoms with E-state index in [1.165, 1.54) is 30.1 Å². The van der Waals surface area contributed by atoms with E-state index in [-0.39, 0.29) is 0 Å². The number of hydrogen-bond acceptors (Lipinski definition) is 4. The molecular weight excluding hydrogens is 266 g/mol. The molecule has 19 heavy (non-hydrogen) atoms. The van der Waals surface area contributed by atoms with Gasteiger partial charge in [-0.3, -0.25) is 0 Å². The fourth-order valence-electron chi connectivity index (χ4n) is 1.64. The van der Waals surface area contributed by atoms with Crippen molar-refractivity contribution in [2.45, 2.75) is 39.8 Å². The van der Waals surface area contributed by atoms with Gasteiger partial charge in [-0.1, -0.05) is 0 Å². The zero-order valence-corrected chi connectivity index (χ0v) is 12.4. The molecule has 1 rings (SSSR count). The van der Waals surface area contributed by atoms with Crippen molar-refractivity contribution in [3.05, 3.63) is 16.1 Å². The van der Waals surface area contributed by atoms with Gasteiger partial charge in [0.15, 0.2) is 0 Å². The van der Waals surface area contributed by atoms with Gasteiger partial charge in [-0.25, -0.2) is 14.6 Å². The normalized spacial score (nSPS) is 11.2. The van der Waals surface area contributed by atoms with Crippen molar-refractivity contribution >= 4 is 23.3 Å². The third-order valence-corrected chi connectivity index (χ3v) is 3.78. The van der Waals surface area contributed by atoms with Gasteiger partial charge in [0.1, 0.15) is 10.5 Å². The van der Waals surface area contributed by atoms with Crippen molar-refractivity contribution in [2.24, 2.45) is 0 Å². The number of urea groups is 1. The lowest BCUT2D eigenvalue weighted by molar-refractivity contribution is -0.147.